The fraction of sp³-hybridized carbons (Fsp3) is 0.364. The number of hydrogen-bond acceptors (Lipinski definition) is 8. The van der Waals surface area contributed by atoms with Gasteiger partial charge in [0, 0.05) is 36.5 Å². The molecule has 0 unspecified atom stereocenters. The van der Waals surface area contributed by atoms with E-state index < -0.39 is 10.0 Å². The number of thiazole rings is 1. The van der Waals surface area contributed by atoms with E-state index in [1.165, 1.54) is 18.0 Å². The van der Waals surface area contributed by atoms with Crippen LogP contribution in [0.2, 0.25) is 0 Å². The highest BCUT2D eigenvalue weighted by Gasteiger charge is 2.26. The monoisotopic (exact) mass is 491 g/mol. The van der Waals surface area contributed by atoms with Gasteiger partial charge in [-0.25, -0.2) is 18.4 Å². The highest BCUT2D eigenvalue weighted by atomic mass is 32.2. The van der Waals surface area contributed by atoms with E-state index in [9.17, 15) is 8.42 Å². The summed E-state index contributed by atoms with van der Waals surface area (Å²) < 4.78 is 37.8. The van der Waals surface area contributed by atoms with Crippen molar-refractivity contribution in [3.8, 4) is 22.1 Å². The molecule has 1 saturated heterocycles. The third kappa shape index (κ3) is 5.09. The lowest BCUT2D eigenvalue weighted by Crippen LogP contribution is -2.35. The van der Waals surface area contributed by atoms with E-state index in [0.29, 0.717) is 24.6 Å². The maximum atomic E-state index is 12.8. The van der Waals surface area contributed by atoms with Crippen LogP contribution in [0, 0.1) is 0 Å². The minimum absolute atomic E-state index is 0.256. The number of aromatic nitrogens is 2. The molecule has 0 aliphatic carbocycles. The summed E-state index contributed by atoms with van der Waals surface area (Å²) in [6.07, 6.45) is 4.38. The first-order chi connectivity index (χ1) is 15.5. The van der Waals surface area contributed by atoms with Gasteiger partial charge in [-0.05, 0) is 37.1 Å². The minimum atomic E-state index is -3.45. The predicted molar refractivity (Wildman–Crippen MR) is 127 cm³/mol. The normalized spacial score (nSPS) is 14.9. The van der Waals surface area contributed by atoms with Crippen LogP contribution in [0.4, 0.5) is 0 Å². The predicted octanol–water partition coefficient (Wildman–Crippen LogP) is 4.69. The molecule has 3 aromatic rings. The quantitative estimate of drug-likeness (QED) is 0.423. The third-order valence-corrected chi connectivity index (χ3v) is 9.00. The number of thioether (sulfide) groups is 1. The fourth-order valence-corrected chi connectivity index (χ4v) is 6.63. The number of ether oxygens (including phenoxy) is 2. The molecule has 1 aliphatic rings. The van der Waals surface area contributed by atoms with Crippen molar-refractivity contribution in [1.29, 1.82) is 0 Å². The number of pyridine rings is 1. The molecule has 1 fully saturated rings. The molecule has 0 saturated carbocycles. The second kappa shape index (κ2) is 10.2. The molecular weight excluding hydrogens is 466 g/mol. The van der Waals surface area contributed by atoms with Gasteiger partial charge in [-0.1, -0.05) is 6.42 Å². The van der Waals surface area contributed by atoms with Gasteiger partial charge in [-0.2, -0.15) is 4.31 Å². The molecule has 32 heavy (non-hydrogen) atoms. The highest BCUT2D eigenvalue weighted by Crippen LogP contribution is 2.36. The zero-order valence-electron chi connectivity index (χ0n) is 18.0. The Balaban J connectivity index is 1.41. The van der Waals surface area contributed by atoms with Crippen LogP contribution in [-0.2, 0) is 15.8 Å². The lowest BCUT2D eigenvalue weighted by molar-refractivity contribution is 0.346. The summed E-state index contributed by atoms with van der Waals surface area (Å²) in [5.74, 6) is 2.08. The number of piperidine rings is 1. The Morgan fingerprint density at radius 2 is 1.91 bits per heavy atom. The average Bonchev–Trinajstić information content (AvgIpc) is 3.32. The second-order valence-electron chi connectivity index (χ2n) is 7.30. The van der Waals surface area contributed by atoms with E-state index in [2.05, 4.69) is 4.98 Å². The third-order valence-electron chi connectivity index (χ3n) is 5.22. The summed E-state index contributed by atoms with van der Waals surface area (Å²) in [6, 6.07) is 9.08. The maximum absolute atomic E-state index is 12.8. The summed E-state index contributed by atoms with van der Waals surface area (Å²) in [5.41, 5.74) is 1.85. The zero-order valence-corrected chi connectivity index (χ0v) is 20.4. The Bertz CT molecular complexity index is 1160. The van der Waals surface area contributed by atoms with Crippen molar-refractivity contribution >= 4 is 33.1 Å². The van der Waals surface area contributed by atoms with Crippen molar-refractivity contribution in [2.24, 2.45) is 0 Å². The van der Waals surface area contributed by atoms with Gasteiger partial charge in [-0.15, -0.1) is 23.1 Å². The lowest BCUT2D eigenvalue weighted by atomic mass is 10.2. The molecule has 0 amide bonds. The van der Waals surface area contributed by atoms with Crippen LogP contribution in [0.15, 0.2) is 51.8 Å². The molecule has 0 bridgehead atoms. The Labute approximate surface area is 196 Å². The number of rotatable bonds is 8. The van der Waals surface area contributed by atoms with Crippen LogP contribution in [0.1, 0.15) is 25.0 Å². The van der Waals surface area contributed by atoms with Gasteiger partial charge in [-0.3, -0.25) is 0 Å². The van der Waals surface area contributed by atoms with E-state index in [4.69, 9.17) is 14.5 Å². The first-order valence-electron chi connectivity index (χ1n) is 10.3. The van der Waals surface area contributed by atoms with Gasteiger partial charge in [0.1, 0.15) is 21.4 Å². The molecule has 170 valence electrons. The van der Waals surface area contributed by atoms with Gasteiger partial charge in [0.05, 0.1) is 30.5 Å². The van der Waals surface area contributed by atoms with E-state index in [0.717, 1.165) is 46.3 Å². The Morgan fingerprint density at radius 3 is 2.59 bits per heavy atom. The number of methoxy groups -OCH3 is 2. The first-order valence-corrected chi connectivity index (χ1v) is 13.6. The number of nitrogens with zero attached hydrogens (tertiary/aromatic N) is 3. The molecule has 7 nitrogen and oxygen atoms in total. The molecule has 3 heterocycles. The van der Waals surface area contributed by atoms with Gasteiger partial charge in [0.2, 0.25) is 10.0 Å². The van der Waals surface area contributed by atoms with Crippen molar-refractivity contribution in [2.45, 2.75) is 34.9 Å². The minimum Gasteiger partial charge on any atom is -0.497 e. The van der Waals surface area contributed by atoms with Crippen molar-refractivity contribution in [3.63, 3.8) is 0 Å². The van der Waals surface area contributed by atoms with E-state index in [1.807, 2.05) is 23.6 Å². The SMILES string of the molecule is COc1ccc(-c2nc(CSc3ccc(S(=O)(=O)N4CCCCC4)cn3)cs2)c(OC)c1. The number of hydrogen-bond donors (Lipinski definition) is 0. The average molecular weight is 492 g/mol. The topological polar surface area (TPSA) is 81.6 Å². The Morgan fingerprint density at radius 1 is 1.09 bits per heavy atom. The first kappa shape index (κ1) is 23.0. The number of sulfonamides is 1. The fourth-order valence-electron chi connectivity index (χ4n) is 3.48. The van der Waals surface area contributed by atoms with Crippen molar-refractivity contribution in [3.05, 3.63) is 47.6 Å². The summed E-state index contributed by atoms with van der Waals surface area (Å²) in [4.78, 5) is 9.35. The Kier molecular flexibility index (Phi) is 7.34. The zero-order chi connectivity index (χ0) is 22.6. The van der Waals surface area contributed by atoms with Gasteiger partial charge < -0.3 is 9.47 Å². The standard InChI is InChI=1S/C22H25N3O4S3/c1-28-17-6-8-19(20(12-17)29-2)22-24-16(15-31-22)14-30-21-9-7-18(13-23-21)32(26,27)25-10-4-3-5-11-25/h6-9,12-13,15H,3-5,10-11,14H2,1-2H3. The smallest absolute Gasteiger partial charge is 0.244 e. The molecular formula is C22H25N3O4S3. The maximum Gasteiger partial charge on any atom is 0.244 e. The van der Waals surface area contributed by atoms with Crippen molar-refractivity contribution in [1.82, 2.24) is 14.3 Å². The van der Waals surface area contributed by atoms with Gasteiger partial charge in [0.25, 0.3) is 0 Å². The van der Waals surface area contributed by atoms with Crippen LogP contribution in [0.3, 0.4) is 0 Å². The van der Waals surface area contributed by atoms with Crippen LogP contribution in [-0.4, -0.2) is 50.0 Å². The highest BCUT2D eigenvalue weighted by molar-refractivity contribution is 7.98. The number of benzene rings is 1. The van der Waals surface area contributed by atoms with Crippen molar-refractivity contribution < 1.29 is 17.9 Å². The summed E-state index contributed by atoms with van der Waals surface area (Å²) >= 11 is 3.08. The summed E-state index contributed by atoms with van der Waals surface area (Å²) in [6.45, 7) is 1.17. The molecule has 4 rings (SSSR count). The molecule has 0 spiro atoms. The molecule has 10 heteroatoms. The van der Waals surface area contributed by atoms with Crippen LogP contribution in [0.5, 0.6) is 11.5 Å². The van der Waals surface area contributed by atoms with E-state index in [1.54, 1.807) is 42.0 Å². The van der Waals surface area contributed by atoms with E-state index >= 15 is 0 Å². The van der Waals surface area contributed by atoms with E-state index in [-0.39, 0.29) is 4.90 Å². The molecule has 1 aromatic carbocycles. The van der Waals surface area contributed by atoms with Crippen LogP contribution >= 0.6 is 23.1 Å². The lowest BCUT2D eigenvalue weighted by Gasteiger charge is -2.25. The van der Waals surface area contributed by atoms with Gasteiger partial charge in [0.15, 0.2) is 0 Å². The second-order valence-corrected chi connectivity index (χ2v) is 11.1. The Hall–Kier alpha value is -2.14. The summed E-state index contributed by atoms with van der Waals surface area (Å²) in [7, 11) is -0.205. The molecule has 0 radical (unpaired) electrons. The molecule has 2 aromatic heterocycles. The van der Waals surface area contributed by atoms with Gasteiger partial charge >= 0.3 is 0 Å². The van der Waals surface area contributed by atoms with Crippen LogP contribution < -0.4 is 9.47 Å². The molecule has 0 N–H and O–H groups in total. The summed E-state index contributed by atoms with van der Waals surface area (Å²) in [5, 5.41) is 3.65. The molecule has 1 aliphatic heterocycles. The molecule has 0 atom stereocenters. The van der Waals surface area contributed by atoms with Crippen LogP contribution in [0.25, 0.3) is 10.6 Å². The largest absolute Gasteiger partial charge is 0.497 e. The van der Waals surface area contributed by atoms with Crippen molar-refractivity contribution in [2.75, 3.05) is 27.3 Å².